The Morgan fingerprint density at radius 3 is 1.14 bits per heavy atom. The number of methoxy groups -OCH3 is 3. The van der Waals surface area contributed by atoms with Crippen molar-refractivity contribution in [1.82, 2.24) is 4.98 Å². The number of nitro benzene ring substituents is 2. The largest absolute Gasteiger partial charge is 0.507 e. The van der Waals surface area contributed by atoms with E-state index in [4.69, 9.17) is 80.0 Å². The van der Waals surface area contributed by atoms with E-state index in [1.807, 2.05) is 19.1 Å². The van der Waals surface area contributed by atoms with Gasteiger partial charge in [-0.05, 0) is 256 Å². The minimum Gasteiger partial charge on any atom is -0.507 e. The number of nitro groups is 2. The quantitative estimate of drug-likeness (QED) is 0.0116. The van der Waals surface area contributed by atoms with Gasteiger partial charge < -0.3 is 76.6 Å². The highest BCUT2D eigenvalue weighted by Gasteiger charge is 2.25. The van der Waals surface area contributed by atoms with Crippen molar-refractivity contribution in [2.24, 2.45) is 11.8 Å². The maximum absolute atomic E-state index is 12.5. The molecule has 0 unspecified atom stereocenters. The average molecular weight is 2090 g/mol. The van der Waals surface area contributed by atoms with E-state index in [9.17, 15) is 88.6 Å². The van der Waals surface area contributed by atoms with Gasteiger partial charge in [-0.3, -0.25) is 49.0 Å². The first-order valence-electron chi connectivity index (χ1n) is 39.7. The molecule has 0 radical (unpaired) electrons. The fraction of sp³-hybridized carbons (Fsp3) is 0.147. The summed E-state index contributed by atoms with van der Waals surface area (Å²) in [7, 11) is 3.81. The van der Waals surface area contributed by atoms with Crippen molar-refractivity contribution in [2.75, 3.05) is 53.2 Å². The predicted molar refractivity (Wildman–Crippen MR) is 522 cm³/mol. The predicted octanol–water partition coefficient (Wildman–Crippen LogP) is 23.3. The van der Waals surface area contributed by atoms with Crippen LogP contribution in [-0.4, -0.2) is 121 Å². The van der Waals surface area contributed by atoms with Crippen molar-refractivity contribution in [1.29, 1.82) is 5.26 Å². The topological polar surface area (TPSA) is 498 Å². The SMILES string of the molecule is CC(C)Cc1ccc(O)c(C(=O)Nc2ccc(C(=O)O)cc2Br)c1.CCCc1ccc(O)c(C(=O)Nc2ccc(C(=O)OC)cc2Cl)c1.COC(=O)c1ccc(NC(=O)c2cc(CC(C)C)ccc2O)c(Br)c1.COC(=O)c1ccc(NC(=O)c2cc(Cl)ccc2[N+](=O)[O-])c(Cl)c1.N#Cc1ccc(NC(=O)c2cc(Cl)ccc2O)c(Cl)c1.O=C(Nc1ccc([N+](=O)[O-])cc1Cl)c1ccc[nH]1. The molecule has 0 bridgehead atoms. The summed E-state index contributed by atoms with van der Waals surface area (Å²) in [6, 6.07) is 53.9. The number of hydrogen-bond acceptors (Lipinski definition) is 22. The molecule has 0 aliphatic heterocycles. The van der Waals surface area contributed by atoms with E-state index in [0.717, 1.165) is 48.4 Å². The second kappa shape index (κ2) is 51.6. The molecule has 135 heavy (non-hydrogen) atoms. The summed E-state index contributed by atoms with van der Waals surface area (Å²) in [5.41, 5.74) is 6.65. The number of H-pyrrole nitrogens is 1. The molecular formula is C95H82Br2Cl6N10O22. The molecule has 0 aliphatic rings. The van der Waals surface area contributed by atoms with Crippen molar-refractivity contribution < 1.29 is 97.5 Å². The van der Waals surface area contributed by atoms with Gasteiger partial charge in [-0.2, -0.15) is 5.26 Å². The molecule has 12 aromatic rings. The Bertz CT molecular complexity index is 6520. The number of nitriles is 1. The van der Waals surface area contributed by atoms with Crippen LogP contribution in [0.1, 0.15) is 167 Å². The van der Waals surface area contributed by atoms with E-state index in [1.54, 1.807) is 66.9 Å². The zero-order valence-electron chi connectivity index (χ0n) is 72.3. The summed E-state index contributed by atoms with van der Waals surface area (Å²) in [6.07, 6.45) is 4.99. The number of nitrogens with zero attached hydrogens (tertiary/aromatic N) is 3. The number of aromatic amines is 1. The van der Waals surface area contributed by atoms with Gasteiger partial charge in [0, 0.05) is 43.4 Å². The summed E-state index contributed by atoms with van der Waals surface area (Å²) in [4.78, 5) is 142. The Balaban J connectivity index is 0.000000222. The van der Waals surface area contributed by atoms with Crippen molar-refractivity contribution in [3.8, 4) is 29.1 Å². The normalized spacial score (nSPS) is 10.3. The second-order valence-electron chi connectivity index (χ2n) is 29.2. The zero-order valence-corrected chi connectivity index (χ0v) is 80.0. The van der Waals surface area contributed by atoms with Crippen LogP contribution in [0.25, 0.3) is 0 Å². The van der Waals surface area contributed by atoms with Crippen LogP contribution in [0.15, 0.2) is 227 Å². The fourth-order valence-electron chi connectivity index (χ4n) is 11.8. The standard InChI is InChI=1S/C19H20BrNO4.C18H18BrNO4.C18H18ClNO4.C15H10Cl2N2O5.C14H8Cl2N2O2.C11H8ClN3O3/c1-11(2)8-12-4-7-17(22)14(9-12)18(23)21-16-6-5-13(10-15(16)20)19(24)25-3;1-10(2)7-11-3-6-16(21)13(8-11)17(22)20-15-5-4-12(18(23)24)9-14(15)19;1-3-4-11-5-8-16(21)13(9-11)17(22)20-15-7-6-12(10-14(15)19)18(23)24-2;1-24-15(21)8-2-4-12(11(17)6-8)18-14(20)10-7-9(16)3-5-13(10)19(22)23;15-9-2-4-13(19)10(6-9)14(20)18-12-3-1-8(7-17)5-11(12)16;12-8-6-7(15(17)18)3-4-9(8)14-11(16)10-2-1-5-13-10/h4-7,9-11,22H,8H2,1-3H3,(H,21,23);3-6,8-10,21H,7H2,1-2H3,(H,20,22)(H,23,24);5-10,21H,3-4H2,1-2H3,(H,20,22);2-7H,1H3,(H,18,20);1-6,19H,(H,18,20);1-6,13H,(H,14,16). The van der Waals surface area contributed by atoms with Crippen LogP contribution in [-0.2, 0) is 33.5 Å². The number of non-ortho nitro benzene ring substituents is 1. The lowest BCUT2D eigenvalue weighted by Crippen LogP contribution is -2.14. The summed E-state index contributed by atoms with van der Waals surface area (Å²) < 4.78 is 14.8. The lowest BCUT2D eigenvalue weighted by atomic mass is 10.00. The van der Waals surface area contributed by atoms with Crippen molar-refractivity contribution in [2.45, 2.75) is 60.3 Å². The highest BCUT2D eigenvalue weighted by Crippen LogP contribution is 2.35. The van der Waals surface area contributed by atoms with Gasteiger partial charge in [0.1, 0.15) is 34.3 Å². The number of hydrogen-bond donors (Lipinski definition) is 12. The van der Waals surface area contributed by atoms with Crippen LogP contribution in [0.3, 0.4) is 0 Å². The molecule has 0 fully saturated rings. The molecule has 32 nitrogen and oxygen atoms in total. The van der Waals surface area contributed by atoms with E-state index in [0.29, 0.717) is 71.1 Å². The van der Waals surface area contributed by atoms with Gasteiger partial charge in [-0.1, -0.05) is 129 Å². The maximum Gasteiger partial charge on any atom is 0.337 e. The molecule has 40 heteroatoms. The number of rotatable bonds is 24. The number of carboxylic acids is 1. The van der Waals surface area contributed by atoms with Gasteiger partial charge in [0.25, 0.3) is 46.8 Å². The van der Waals surface area contributed by atoms with Crippen LogP contribution >= 0.6 is 101 Å². The number of esters is 3. The van der Waals surface area contributed by atoms with E-state index in [2.05, 4.69) is 111 Å². The Hall–Kier alpha value is -14.4. The van der Waals surface area contributed by atoms with Gasteiger partial charge in [0.05, 0.1) is 142 Å². The number of carboxylic acid groups (broad SMARTS) is 1. The number of halogens is 8. The smallest absolute Gasteiger partial charge is 0.337 e. The van der Waals surface area contributed by atoms with Gasteiger partial charge in [0.15, 0.2) is 0 Å². The van der Waals surface area contributed by atoms with Crippen molar-refractivity contribution >= 4 is 206 Å². The Labute approximate surface area is 818 Å². The minimum absolute atomic E-state index is 0.0397. The van der Waals surface area contributed by atoms with E-state index >= 15 is 0 Å². The number of benzene rings is 11. The lowest BCUT2D eigenvalue weighted by molar-refractivity contribution is -0.385. The maximum atomic E-state index is 12.5. The molecule has 1 heterocycles. The number of aromatic hydroxyl groups is 4. The summed E-state index contributed by atoms with van der Waals surface area (Å²) >= 11 is 42.1. The molecule has 6 amide bonds. The number of aryl methyl sites for hydroxylation is 1. The number of anilines is 6. The number of nitrogens with one attached hydrogen (secondary N) is 7. The molecule has 0 aliphatic carbocycles. The molecule has 12 N–H and O–H groups in total. The number of aromatic carboxylic acids is 1. The monoisotopic (exact) mass is 2080 g/mol. The van der Waals surface area contributed by atoms with Crippen LogP contribution < -0.4 is 31.9 Å². The number of ether oxygens (including phenoxy) is 3. The van der Waals surface area contributed by atoms with E-state index < -0.39 is 63.3 Å². The van der Waals surface area contributed by atoms with Gasteiger partial charge in [-0.15, -0.1) is 0 Å². The second-order valence-corrected chi connectivity index (χ2v) is 33.4. The van der Waals surface area contributed by atoms with E-state index in [-0.39, 0.29) is 116 Å². The third-order valence-electron chi connectivity index (χ3n) is 18.3. The fourth-order valence-corrected chi connectivity index (χ4v) is 14.0. The number of aromatic nitrogens is 1. The Morgan fingerprint density at radius 2 is 0.763 bits per heavy atom. The highest BCUT2D eigenvalue weighted by atomic mass is 79.9. The summed E-state index contributed by atoms with van der Waals surface area (Å²) in [5.74, 6) is -5.20. The van der Waals surface area contributed by atoms with E-state index in [1.165, 1.54) is 161 Å². The summed E-state index contributed by atoms with van der Waals surface area (Å²) in [5, 5.41) is 95.5. The van der Waals surface area contributed by atoms with Crippen molar-refractivity contribution in [3.05, 3.63) is 356 Å². The van der Waals surface area contributed by atoms with Crippen LogP contribution in [0.4, 0.5) is 45.5 Å². The third kappa shape index (κ3) is 32.2. The number of amides is 6. The molecule has 0 spiro atoms. The molecule has 0 saturated carbocycles. The third-order valence-corrected chi connectivity index (χ3v) is 21.4. The number of carbonyl (C=O) groups excluding carboxylic acids is 9. The lowest BCUT2D eigenvalue weighted by Gasteiger charge is -2.12. The molecule has 11 aromatic carbocycles. The first-order chi connectivity index (χ1) is 64.0. The summed E-state index contributed by atoms with van der Waals surface area (Å²) in [6.45, 7) is 10.4. The number of carbonyl (C=O) groups is 10. The molecule has 12 rings (SSSR count). The van der Waals surface area contributed by atoms with Gasteiger partial charge in [0.2, 0.25) is 0 Å². The zero-order chi connectivity index (χ0) is 99.8. The number of phenolic OH excluding ortho intramolecular Hbond substituents is 4. The van der Waals surface area contributed by atoms with Crippen LogP contribution in [0, 0.1) is 43.4 Å². The molecule has 1 aromatic heterocycles. The van der Waals surface area contributed by atoms with Crippen LogP contribution in [0.2, 0.25) is 30.1 Å². The Kier molecular flexibility index (Phi) is 41.1. The van der Waals surface area contributed by atoms with Gasteiger partial charge >= 0.3 is 23.9 Å². The molecule has 0 atom stereocenters. The molecule has 0 saturated heterocycles. The average Bonchev–Trinajstić information content (AvgIpc) is 1.10. The minimum atomic E-state index is -1.05. The Morgan fingerprint density at radius 1 is 0.415 bits per heavy atom. The first-order valence-corrected chi connectivity index (χ1v) is 43.5. The number of phenols is 4. The van der Waals surface area contributed by atoms with Crippen LogP contribution in [0.5, 0.6) is 23.0 Å². The molecular weight excluding hydrogens is 2010 g/mol. The van der Waals surface area contributed by atoms with Crippen molar-refractivity contribution in [3.63, 3.8) is 0 Å². The highest BCUT2D eigenvalue weighted by molar-refractivity contribution is 9.11. The molecule has 700 valence electrons. The first kappa shape index (κ1) is 108. The van der Waals surface area contributed by atoms with Gasteiger partial charge in [-0.25, -0.2) is 19.2 Å².